The minimum atomic E-state index is -1.16. The van der Waals surface area contributed by atoms with Gasteiger partial charge in [-0.3, -0.25) is 20.2 Å². The second kappa shape index (κ2) is 8.32. The number of para-hydroxylation sites is 2. The Kier molecular flexibility index (Phi) is 6.16. The molecular weight excluding hydrogens is 340 g/mol. The summed E-state index contributed by atoms with van der Waals surface area (Å²) in [5, 5.41) is 42.7. The first-order valence-corrected chi connectivity index (χ1v) is 7.80. The minimum absolute atomic E-state index is 0.0114. The van der Waals surface area contributed by atoms with Crippen LogP contribution in [0.25, 0.3) is 0 Å². The highest BCUT2D eigenvalue weighted by Gasteiger charge is 2.23. The van der Waals surface area contributed by atoms with Crippen molar-refractivity contribution in [3.05, 3.63) is 92.0 Å². The van der Waals surface area contributed by atoms with E-state index in [4.69, 9.17) is 0 Å². The monoisotopic (exact) mass is 358 g/mol. The topological polar surface area (TPSA) is 127 Å². The van der Waals surface area contributed by atoms with Crippen LogP contribution in [0.2, 0.25) is 0 Å². The Morgan fingerprint density at radius 2 is 1.19 bits per heavy atom. The molecule has 0 saturated heterocycles. The predicted molar refractivity (Wildman–Crippen MR) is 94.5 cm³/mol. The minimum Gasteiger partial charge on any atom is -0.388 e. The highest BCUT2D eigenvalue weighted by molar-refractivity contribution is 5.43. The zero-order valence-electron chi connectivity index (χ0n) is 13.8. The van der Waals surface area contributed by atoms with E-state index < -0.39 is 22.1 Å². The van der Waals surface area contributed by atoms with E-state index in [0.717, 1.165) is 0 Å². The van der Waals surface area contributed by atoms with Crippen molar-refractivity contribution in [2.45, 2.75) is 25.0 Å². The van der Waals surface area contributed by atoms with Gasteiger partial charge in [-0.05, 0) is 25.0 Å². The molecule has 0 fully saturated rings. The molecule has 2 unspecified atom stereocenters. The van der Waals surface area contributed by atoms with Gasteiger partial charge in [0.15, 0.2) is 0 Å². The summed E-state index contributed by atoms with van der Waals surface area (Å²) in [5.41, 5.74) is 0.318. The highest BCUT2D eigenvalue weighted by Crippen LogP contribution is 2.33. The molecule has 0 amide bonds. The molecule has 2 rings (SSSR count). The lowest BCUT2D eigenvalue weighted by Gasteiger charge is -2.16. The summed E-state index contributed by atoms with van der Waals surface area (Å²) < 4.78 is 0. The third kappa shape index (κ3) is 4.50. The Balaban J connectivity index is 2.10. The Hall–Kier alpha value is -3.10. The van der Waals surface area contributed by atoms with Gasteiger partial charge in [-0.1, -0.05) is 36.4 Å². The maximum absolute atomic E-state index is 11.0. The summed E-state index contributed by atoms with van der Waals surface area (Å²) in [6.07, 6.45) is -2.35. The smallest absolute Gasteiger partial charge is 0.275 e. The number of nitro groups is 2. The fourth-order valence-electron chi connectivity index (χ4n) is 2.72. The van der Waals surface area contributed by atoms with Crippen LogP contribution in [0, 0.1) is 20.2 Å². The quantitative estimate of drug-likeness (QED) is 0.421. The van der Waals surface area contributed by atoms with Gasteiger partial charge in [0.05, 0.1) is 33.2 Å². The van der Waals surface area contributed by atoms with Crippen molar-refractivity contribution >= 4 is 11.4 Å². The molecule has 2 aromatic carbocycles. The number of hydrogen-bond acceptors (Lipinski definition) is 6. The molecule has 0 aliphatic carbocycles. The van der Waals surface area contributed by atoms with Gasteiger partial charge < -0.3 is 10.2 Å². The van der Waals surface area contributed by atoms with Gasteiger partial charge in [0.25, 0.3) is 11.4 Å². The van der Waals surface area contributed by atoms with Crippen molar-refractivity contribution in [3.8, 4) is 0 Å². The Morgan fingerprint density at radius 1 is 0.846 bits per heavy atom. The fraction of sp³-hybridized carbons (Fsp3) is 0.222. The van der Waals surface area contributed by atoms with E-state index in [0.29, 0.717) is 5.57 Å². The molecule has 2 aromatic rings. The third-order valence-electron chi connectivity index (χ3n) is 3.95. The number of hydrogen-bond donors (Lipinski definition) is 2. The summed E-state index contributed by atoms with van der Waals surface area (Å²) >= 11 is 0. The van der Waals surface area contributed by atoms with E-state index in [1.165, 1.54) is 36.4 Å². The van der Waals surface area contributed by atoms with Crippen molar-refractivity contribution in [1.29, 1.82) is 0 Å². The average Bonchev–Trinajstić information content (AvgIpc) is 2.61. The van der Waals surface area contributed by atoms with Crippen molar-refractivity contribution in [3.63, 3.8) is 0 Å². The van der Waals surface area contributed by atoms with Crippen LogP contribution in [-0.4, -0.2) is 20.1 Å². The first kappa shape index (κ1) is 19.2. The fourth-order valence-corrected chi connectivity index (χ4v) is 2.72. The molecule has 0 bridgehead atoms. The Morgan fingerprint density at radius 3 is 1.54 bits per heavy atom. The van der Waals surface area contributed by atoms with E-state index in [-0.39, 0.29) is 35.3 Å². The lowest BCUT2D eigenvalue weighted by molar-refractivity contribution is -0.386. The molecule has 26 heavy (non-hydrogen) atoms. The van der Waals surface area contributed by atoms with Crippen molar-refractivity contribution in [2.24, 2.45) is 0 Å². The molecule has 0 saturated carbocycles. The van der Waals surface area contributed by atoms with Crippen molar-refractivity contribution < 1.29 is 20.1 Å². The summed E-state index contributed by atoms with van der Waals surface area (Å²) in [7, 11) is 0. The van der Waals surface area contributed by atoms with E-state index in [1.807, 2.05) is 0 Å². The van der Waals surface area contributed by atoms with Crippen LogP contribution in [-0.2, 0) is 0 Å². The lowest BCUT2D eigenvalue weighted by atomic mass is 9.95. The molecular formula is C18H18N2O6. The van der Waals surface area contributed by atoms with Gasteiger partial charge in [-0.2, -0.15) is 0 Å². The average molecular weight is 358 g/mol. The van der Waals surface area contributed by atoms with E-state index in [1.54, 1.807) is 12.1 Å². The van der Waals surface area contributed by atoms with Gasteiger partial charge in [0.2, 0.25) is 0 Å². The van der Waals surface area contributed by atoms with Crippen LogP contribution < -0.4 is 0 Å². The number of aliphatic hydroxyl groups is 2. The number of benzene rings is 2. The first-order chi connectivity index (χ1) is 12.3. The maximum atomic E-state index is 11.0. The number of nitrogens with zero attached hydrogens (tertiary/aromatic N) is 2. The largest absolute Gasteiger partial charge is 0.388 e. The Labute approximate surface area is 149 Å². The normalized spacial score (nSPS) is 13.0. The molecule has 0 aromatic heterocycles. The van der Waals surface area contributed by atoms with Crippen LogP contribution in [0.15, 0.2) is 60.7 Å². The lowest BCUT2D eigenvalue weighted by Crippen LogP contribution is -2.07. The summed E-state index contributed by atoms with van der Waals surface area (Å²) in [5.74, 6) is 0. The zero-order chi connectivity index (χ0) is 19.3. The molecule has 0 spiro atoms. The molecule has 0 aliphatic rings. The molecule has 8 heteroatoms. The van der Waals surface area contributed by atoms with Crippen molar-refractivity contribution in [1.82, 2.24) is 0 Å². The summed E-state index contributed by atoms with van der Waals surface area (Å²) in [6, 6.07) is 11.7. The van der Waals surface area contributed by atoms with Crippen LogP contribution in [0.3, 0.4) is 0 Å². The number of nitro benzene ring substituents is 2. The third-order valence-corrected chi connectivity index (χ3v) is 3.95. The predicted octanol–water partition coefficient (Wildman–Crippen LogP) is 3.61. The van der Waals surface area contributed by atoms with Gasteiger partial charge in [0, 0.05) is 12.1 Å². The van der Waals surface area contributed by atoms with Crippen molar-refractivity contribution in [2.75, 3.05) is 0 Å². The molecule has 2 atom stereocenters. The Bertz CT molecular complexity index is 768. The molecule has 136 valence electrons. The molecule has 0 heterocycles. The van der Waals surface area contributed by atoms with Crippen LogP contribution >= 0.6 is 0 Å². The summed E-state index contributed by atoms with van der Waals surface area (Å²) in [4.78, 5) is 20.9. The molecule has 0 radical (unpaired) electrons. The van der Waals surface area contributed by atoms with Gasteiger partial charge in [-0.25, -0.2) is 0 Å². The second-order valence-corrected chi connectivity index (χ2v) is 5.82. The van der Waals surface area contributed by atoms with E-state index in [2.05, 4.69) is 6.58 Å². The highest BCUT2D eigenvalue weighted by atomic mass is 16.6. The molecule has 8 nitrogen and oxygen atoms in total. The number of rotatable bonds is 8. The van der Waals surface area contributed by atoms with Gasteiger partial charge in [-0.15, -0.1) is 0 Å². The zero-order valence-corrected chi connectivity index (χ0v) is 13.8. The van der Waals surface area contributed by atoms with Crippen LogP contribution in [0.1, 0.15) is 36.2 Å². The standard InChI is InChI=1S/C18H18N2O6/c1-12(10-17(21)13-6-2-4-8-15(13)19(23)24)11-18(22)14-7-3-5-9-16(14)20(25)26/h2-9,17-18,21-22H,1,10-11H2. The van der Waals surface area contributed by atoms with Gasteiger partial charge >= 0.3 is 0 Å². The molecule has 2 N–H and O–H groups in total. The molecule has 0 aliphatic heterocycles. The maximum Gasteiger partial charge on any atom is 0.275 e. The van der Waals surface area contributed by atoms with E-state index in [9.17, 15) is 30.4 Å². The SMILES string of the molecule is C=C(CC(O)c1ccccc1[N+](=O)[O-])CC(O)c1ccccc1[N+](=O)[O-]. The summed E-state index contributed by atoms with van der Waals surface area (Å²) in [6.45, 7) is 3.77. The van der Waals surface area contributed by atoms with Crippen LogP contribution in [0.4, 0.5) is 11.4 Å². The van der Waals surface area contributed by atoms with E-state index >= 15 is 0 Å². The number of aliphatic hydroxyl groups excluding tert-OH is 2. The first-order valence-electron chi connectivity index (χ1n) is 7.80. The van der Waals surface area contributed by atoms with Gasteiger partial charge in [0.1, 0.15) is 0 Å². The second-order valence-electron chi connectivity index (χ2n) is 5.82. The van der Waals surface area contributed by atoms with Crippen LogP contribution in [0.5, 0.6) is 0 Å².